The number of hydrogen-bond acceptors (Lipinski definition) is 5. The Morgan fingerprint density at radius 3 is 3.00 bits per heavy atom. The third-order valence-electron chi connectivity index (χ3n) is 2.86. The van der Waals surface area contributed by atoms with Crippen LogP contribution in [-0.2, 0) is 13.0 Å². The summed E-state index contributed by atoms with van der Waals surface area (Å²) in [4.78, 5) is 0. The topological polar surface area (TPSA) is 64.1 Å². The van der Waals surface area contributed by atoms with E-state index in [1.165, 1.54) is 0 Å². The molecule has 0 radical (unpaired) electrons. The fraction of sp³-hybridized carbons (Fsp3) is 0.455. The third-order valence-corrected chi connectivity index (χ3v) is 2.86. The van der Waals surface area contributed by atoms with Crippen molar-refractivity contribution in [1.82, 2.24) is 15.6 Å². The van der Waals surface area contributed by atoms with Crippen molar-refractivity contribution in [2.75, 3.05) is 0 Å². The van der Waals surface area contributed by atoms with Gasteiger partial charge in [0.05, 0.1) is 5.69 Å². The Balaban J connectivity index is 2.03. The lowest BCUT2D eigenvalue weighted by atomic mass is 10.0. The smallest absolute Gasteiger partial charge is 0.193 e. The van der Waals surface area contributed by atoms with E-state index in [0.717, 1.165) is 41.4 Å². The Bertz CT molecular complexity index is 515. The number of fused-ring (bicyclic) bond motifs is 1. The second kappa shape index (κ2) is 3.45. The number of hydrogen-bond donors (Lipinski definition) is 1. The van der Waals surface area contributed by atoms with Crippen LogP contribution in [0.25, 0.3) is 11.5 Å². The minimum atomic E-state index is 0.449. The van der Waals surface area contributed by atoms with Gasteiger partial charge < -0.3 is 14.4 Å². The van der Waals surface area contributed by atoms with Crippen LogP contribution in [0.5, 0.6) is 0 Å². The molecule has 0 aliphatic carbocycles. The molecule has 0 amide bonds. The van der Waals surface area contributed by atoms with Crippen LogP contribution in [0.2, 0.25) is 0 Å². The quantitative estimate of drug-likeness (QED) is 0.790. The van der Waals surface area contributed by atoms with Gasteiger partial charge in [-0.15, -0.1) is 0 Å². The highest BCUT2D eigenvalue weighted by atomic mass is 16.5. The highest BCUT2D eigenvalue weighted by molar-refractivity contribution is 5.58. The monoisotopic (exact) mass is 219 g/mol. The Morgan fingerprint density at radius 2 is 2.25 bits per heavy atom. The minimum absolute atomic E-state index is 0.449. The maximum absolute atomic E-state index is 5.35. The molecule has 2 aromatic heterocycles. The standard InChI is InChI=1S/C11H13N3O2/c1-6-3-9-8(5-12-6)11(16-13-9)10-4-7(2)15-14-10/h4,6,12H,3,5H2,1-2H3/t6-/m0/s1. The van der Waals surface area contributed by atoms with E-state index >= 15 is 0 Å². The van der Waals surface area contributed by atoms with Crippen molar-refractivity contribution < 1.29 is 9.05 Å². The SMILES string of the molecule is Cc1cc(-c2onc3c2CN[C@@H](C)C3)no1. The van der Waals surface area contributed by atoms with Crippen molar-refractivity contribution in [2.45, 2.75) is 32.9 Å². The van der Waals surface area contributed by atoms with Crippen molar-refractivity contribution in [1.29, 1.82) is 0 Å². The fourth-order valence-corrected chi connectivity index (χ4v) is 2.00. The predicted octanol–water partition coefficient (Wildman–Crippen LogP) is 1.67. The molecule has 1 atom stereocenters. The highest BCUT2D eigenvalue weighted by Gasteiger charge is 2.24. The number of nitrogens with zero attached hydrogens (tertiary/aromatic N) is 2. The molecule has 0 unspecified atom stereocenters. The van der Waals surface area contributed by atoms with Gasteiger partial charge in [0.15, 0.2) is 11.5 Å². The van der Waals surface area contributed by atoms with Gasteiger partial charge in [-0.2, -0.15) is 0 Å². The van der Waals surface area contributed by atoms with E-state index in [4.69, 9.17) is 9.05 Å². The number of rotatable bonds is 1. The van der Waals surface area contributed by atoms with Crippen LogP contribution in [0.1, 0.15) is 23.9 Å². The number of aryl methyl sites for hydroxylation is 1. The van der Waals surface area contributed by atoms with E-state index in [2.05, 4.69) is 22.6 Å². The lowest BCUT2D eigenvalue weighted by molar-refractivity contribution is 0.389. The predicted molar refractivity (Wildman–Crippen MR) is 56.7 cm³/mol. The largest absolute Gasteiger partial charge is 0.361 e. The molecule has 5 nitrogen and oxygen atoms in total. The fourth-order valence-electron chi connectivity index (χ4n) is 2.00. The van der Waals surface area contributed by atoms with Crippen molar-refractivity contribution in [3.8, 4) is 11.5 Å². The molecule has 1 N–H and O–H groups in total. The Kier molecular flexibility index (Phi) is 2.07. The molecular weight excluding hydrogens is 206 g/mol. The molecule has 0 bridgehead atoms. The van der Waals surface area contributed by atoms with Crippen LogP contribution in [0, 0.1) is 6.92 Å². The maximum atomic E-state index is 5.35. The van der Waals surface area contributed by atoms with Gasteiger partial charge >= 0.3 is 0 Å². The van der Waals surface area contributed by atoms with Gasteiger partial charge in [-0.3, -0.25) is 0 Å². The summed E-state index contributed by atoms with van der Waals surface area (Å²) in [5, 5.41) is 11.4. The summed E-state index contributed by atoms with van der Waals surface area (Å²) in [6.45, 7) is 4.78. The Morgan fingerprint density at radius 1 is 1.38 bits per heavy atom. The molecule has 0 fully saturated rings. The van der Waals surface area contributed by atoms with E-state index in [9.17, 15) is 0 Å². The summed E-state index contributed by atoms with van der Waals surface area (Å²) in [5.41, 5.74) is 2.86. The number of aromatic nitrogens is 2. The molecule has 1 aliphatic heterocycles. The lowest BCUT2D eigenvalue weighted by Gasteiger charge is -2.18. The van der Waals surface area contributed by atoms with E-state index < -0.39 is 0 Å². The zero-order valence-corrected chi connectivity index (χ0v) is 9.28. The maximum Gasteiger partial charge on any atom is 0.193 e. The van der Waals surface area contributed by atoms with Gasteiger partial charge in [-0.25, -0.2) is 0 Å². The van der Waals surface area contributed by atoms with Crippen LogP contribution in [0.4, 0.5) is 0 Å². The van der Waals surface area contributed by atoms with Gasteiger partial charge in [0, 0.05) is 30.6 Å². The molecule has 5 heteroatoms. The zero-order valence-electron chi connectivity index (χ0n) is 9.28. The van der Waals surface area contributed by atoms with Crippen LogP contribution < -0.4 is 5.32 Å². The van der Waals surface area contributed by atoms with Crippen molar-refractivity contribution >= 4 is 0 Å². The summed E-state index contributed by atoms with van der Waals surface area (Å²) >= 11 is 0. The van der Waals surface area contributed by atoms with Crippen LogP contribution >= 0.6 is 0 Å². The van der Waals surface area contributed by atoms with Gasteiger partial charge in [-0.1, -0.05) is 10.3 Å². The van der Waals surface area contributed by atoms with Crippen LogP contribution in [0.15, 0.2) is 15.1 Å². The van der Waals surface area contributed by atoms with Crippen molar-refractivity contribution in [3.05, 3.63) is 23.1 Å². The van der Waals surface area contributed by atoms with E-state index in [0.29, 0.717) is 6.04 Å². The first-order chi connectivity index (χ1) is 7.74. The van der Waals surface area contributed by atoms with Gasteiger partial charge in [-0.05, 0) is 13.8 Å². The summed E-state index contributed by atoms with van der Waals surface area (Å²) in [7, 11) is 0. The van der Waals surface area contributed by atoms with Crippen molar-refractivity contribution in [2.24, 2.45) is 0 Å². The van der Waals surface area contributed by atoms with E-state index in [1.807, 2.05) is 13.0 Å². The first kappa shape index (κ1) is 9.59. The summed E-state index contributed by atoms with van der Waals surface area (Å²) in [6, 6.07) is 2.31. The third kappa shape index (κ3) is 1.44. The molecular formula is C11H13N3O2. The van der Waals surface area contributed by atoms with Gasteiger partial charge in [0.2, 0.25) is 0 Å². The second-order valence-corrected chi connectivity index (χ2v) is 4.25. The second-order valence-electron chi connectivity index (χ2n) is 4.25. The minimum Gasteiger partial charge on any atom is -0.361 e. The van der Waals surface area contributed by atoms with Gasteiger partial charge in [0.1, 0.15) is 5.76 Å². The molecule has 0 saturated heterocycles. The summed E-state index contributed by atoms with van der Waals surface area (Å²) < 4.78 is 10.4. The summed E-state index contributed by atoms with van der Waals surface area (Å²) in [5.74, 6) is 1.50. The van der Waals surface area contributed by atoms with E-state index in [-0.39, 0.29) is 0 Å². The Labute approximate surface area is 92.8 Å². The van der Waals surface area contributed by atoms with E-state index in [1.54, 1.807) is 0 Å². The van der Waals surface area contributed by atoms with Crippen molar-refractivity contribution in [3.63, 3.8) is 0 Å². The Hall–Kier alpha value is -1.62. The van der Waals surface area contributed by atoms with Gasteiger partial charge in [0.25, 0.3) is 0 Å². The summed E-state index contributed by atoms with van der Waals surface area (Å²) in [6.07, 6.45) is 0.898. The molecule has 1 aliphatic rings. The van der Waals surface area contributed by atoms with Crippen LogP contribution in [0.3, 0.4) is 0 Å². The molecule has 0 saturated carbocycles. The number of nitrogens with one attached hydrogen (secondary N) is 1. The normalized spacial score (nSPS) is 19.8. The zero-order chi connectivity index (χ0) is 11.1. The highest BCUT2D eigenvalue weighted by Crippen LogP contribution is 2.28. The molecule has 16 heavy (non-hydrogen) atoms. The molecule has 3 rings (SSSR count). The lowest BCUT2D eigenvalue weighted by Crippen LogP contribution is -2.32. The average molecular weight is 219 g/mol. The van der Waals surface area contributed by atoms with Crippen LogP contribution in [-0.4, -0.2) is 16.4 Å². The molecule has 84 valence electrons. The molecule has 2 aromatic rings. The molecule has 3 heterocycles. The average Bonchev–Trinajstić information content (AvgIpc) is 2.83. The molecule has 0 spiro atoms. The first-order valence-electron chi connectivity index (χ1n) is 5.38. The molecule has 0 aromatic carbocycles. The first-order valence-corrected chi connectivity index (χ1v) is 5.38.